The first-order valence-corrected chi connectivity index (χ1v) is 6.73. The first kappa shape index (κ1) is 15.8. The molecule has 2 aromatic rings. The van der Waals surface area contributed by atoms with Crippen LogP contribution in [0.4, 0.5) is 11.4 Å². The molecule has 5 nitrogen and oxygen atoms in total. The standard InChI is InChI=1S/C16H15N5.ClH/c1-13-3-7-15(8-4-13)19-12-18-20(11-17)21(19)16-9-5-14(2)6-10-16;/h3-10,12H,1-2H3;1H. The molecule has 0 radical (unpaired) electrons. The molecule has 1 heterocycles. The van der Waals surface area contributed by atoms with E-state index in [-0.39, 0.29) is 12.4 Å². The number of nitrogens with one attached hydrogen (secondary N) is 1. The summed E-state index contributed by atoms with van der Waals surface area (Å²) < 4.78 is 0. The van der Waals surface area contributed by atoms with Crippen molar-refractivity contribution in [1.82, 2.24) is 5.12 Å². The second-order valence-corrected chi connectivity index (χ2v) is 5.04. The van der Waals surface area contributed by atoms with Crippen LogP contribution in [0.15, 0.2) is 53.6 Å². The number of aryl methyl sites for hydroxylation is 2. The zero-order valence-electron chi connectivity index (χ0n) is 12.4. The van der Waals surface area contributed by atoms with E-state index in [9.17, 15) is 5.26 Å². The van der Waals surface area contributed by atoms with E-state index >= 15 is 0 Å². The van der Waals surface area contributed by atoms with Gasteiger partial charge in [0.2, 0.25) is 0 Å². The Hall–Kier alpha value is -2.55. The van der Waals surface area contributed by atoms with Gasteiger partial charge in [-0.15, -0.1) is 5.01 Å². The molecule has 22 heavy (non-hydrogen) atoms. The van der Waals surface area contributed by atoms with Gasteiger partial charge in [-0.1, -0.05) is 45.6 Å². The lowest BCUT2D eigenvalue weighted by Crippen LogP contribution is -3.17. The highest BCUT2D eigenvalue weighted by Gasteiger charge is 2.33. The fourth-order valence-electron chi connectivity index (χ4n) is 2.25. The Kier molecular flexibility index (Phi) is 4.66. The largest absolute Gasteiger partial charge is 1.00 e. The van der Waals surface area contributed by atoms with Crippen LogP contribution in [-0.4, -0.2) is 11.5 Å². The molecule has 3 rings (SSSR count). The molecule has 0 spiro atoms. The van der Waals surface area contributed by atoms with Crippen molar-refractivity contribution in [1.29, 1.82) is 5.26 Å². The van der Waals surface area contributed by atoms with Crippen molar-refractivity contribution in [2.24, 2.45) is 5.10 Å². The van der Waals surface area contributed by atoms with Crippen LogP contribution < -0.4 is 22.5 Å². The minimum Gasteiger partial charge on any atom is -1.00 e. The van der Waals surface area contributed by atoms with E-state index in [0.29, 0.717) is 0 Å². The van der Waals surface area contributed by atoms with Crippen molar-refractivity contribution in [2.75, 3.05) is 5.01 Å². The number of hydrazone groups is 1. The SMILES string of the molecule is Cc1ccc(N2C=NN(C#N)[NH+]2c2ccc(C)cc2)cc1.[Cl-]. The maximum Gasteiger partial charge on any atom is 0.260 e. The van der Waals surface area contributed by atoms with Crippen molar-refractivity contribution >= 4 is 17.7 Å². The van der Waals surface area contributed by atoms with Gasteiger partial charge in [-0.3, -0.25) is 0 Å². The van der Waals surface area contributed by atoms with Crippen LogP contribution in [0.1, 0.15) is 11.1 Å². The number of quaternary nitrogens is 1. The molecule has 0 amide bonds. The van der Waals surface area contributed by atoms with Gasteiger partial charge in [-0.25, -0.2) is 0 Å². The third kappa shape index (κ3) is 2.89. The summed E-state index contributed by atoms with van der Waals surface area (Å²) in [6.45, 7) is 4.09. The molecular formula is C16H16ClN5. The summed E-state index contributed by atoms with van der Waals surface area (Å²) in [5, 5.41) is 17.4. The van der Waals surface area contributed by atoms with Gasteiger partial charge in [0.1, 0.15) is 0 Å². The van der Waals surface area contributed by atoms with E-state index in [1.165, 1.54) is 16.2 Å². The van der Waals surface area contributed by atoms with Crippen molar-refractivity contribution < 1.29 is 17.5 Å². The number of anilines is 1. The topological polar surface area (TPSA) is 47.1 Å². The Morgan fingerprint density at radius 1 is 0.955 bits per heavy atom. The smallest absolute Gasteiger partial charge is 0.260 e. The second-order valence-electron chi connectivity index (χ2n) is 5.04. The summed E-state index contributed by atoms with van der Waals surface area (Å²) in [5.74, 6) is 0. The molecule has 1 N–H and O–H groups in total. The molecule has 1 unspecified atom stereocenters. The van der Waals surface area contributed by atoms with E-state index in [1.54, 1.807) is 6.34 Å². The van der Waals surface area contributed by atoms with Gasteiger partial charge in [0.15, 0.2) is 12.0 Å². The molecule has 0 aliphatic carbocycles. The van der Waals surface area contributed by atoms with Gasteiger partial charge < -0.3 is 12.4 Å². The summed E-state index contributed by atoms with van der Waals surface area (Å²) in [6, 6.07) is 16.2. The average molecular weight is 314 g/mol. The number of rotatable bonds is 2. The predicted molar refractivity (Wildman–Crippen MR) is 81.4 cm³/mol. The highest BCUT2D eigenvalue weighted by Crippen LogP contribution is 2.15. The number of nitriles is 1. The molecule has 0 bridgehead atoms. The molecule has 1 atom stereocenters. The van der Waals surface area contributed by atoms with E-state index in [0.717, 1.165) is 16.5 Å². The Bertz CT molecular complexity index is 703. The second kappa shape index (κ2) is 6.48. The third-order valence-electron chi connectivity index (χ3n) is 3.43. The minimum absolute atomic E-state index is 0. The monoisotopic (exact) mass is 313 g/mol. The van der Waals surface area contributed by atoms with Crippen molar-refractivity contribution in [3.63, 3.8) is 0 Å². The van der Waals surface area contributed by atoms with Gasteiger partial charge in [0.25, 0.3) is 6.19 Å². The van der Waals surface area contributed by atoms with E-state index < -0.39 is 0 Å². The van der Waals surface area contributed by atoms with Gasteiger partial charge in [-0.2, -0.15) is 5.26 Å². The lowest BCUT2D eigenvalue weighted by Gasteiger charge is -2.24. The summed E-state index contributed by atoms with van der Waals surface area (Å²) in [4.78, 5) is 0. The maximum atomic E-state index is 9.28. The van der Waals surface area contributed by atoms with Gasteiger partial charge in [0, 0.05) is 12.1 Å². The third-order valence-corrected chi connectivity index (χ3v) is 3.43. The molecule has 0 saturated heterocycles. The van der Waals surface area contributed by atoms with Crippen molar-refractivity contribution in [2.45, 2.75) is 13.8 Å². The Morgan fingerprint density at radius 3 is 2.05 bits per heavy atom. The zero-order chi connectivity index (χ0) is 14.8. The number of hydrogen-bond acceptors (Lipinski definition) is 4. The lowest BCUT2D eigenvalue weighted by molar-refractivity contribution is -0.941. The minimum atomic E-state index is 0. The van der Waals surface area contributed by atoms with Crippen molar-refractivity contribution in [3.05, 3.63) is 59.7 Å². The van der Waals surface area contributed by atoms with Gasteiger partial charge in [-0.05, 0) is 31.1 Å². The number of halogens is 1. The highest BCUT2D eigenvalue weighted by atomic mass is 35.5. The van der Waals surface area contributed by atoms with Crippen LogP contribution in [0.3, 0.4) is 0 Å². The van der Waals surface area contributed by atoms with E-state index in [4.69, 9.17) is 0 Å². The number of hydrogen-bond donors (Lipinski definition) is 1. The zero-order valence-corrected chi connectivity index (χ0v) is 13.1. The first-order chi connectivity index (χ1) is 10.2. The maximum absolute atomic E-state index is 9.28. The summed E-state index contributed by atoms with van der Waals surface area (Å²) in [5.41, 5.74) is 4.32. The fourth-order valence-corrected chi connectivity index (χ4v) is 2.25. The summed E-state index contributed by atoms with van der Waals surface area (Å²) in [6.07, 6.45) is 3.76. The normalized spacial score (nSPS) is 16.3. The number of nitrogens with zero attached hydrogens (tertiary/aromatic N) is 4. The van der Waals surface area contributed by atoms with Crippen LogP contribution in [0.25, 0.3) is 0 Å². The molecule has 112 valence electrons. The van der Waals surface area contributed by atoms with Crippen LogP contribution >= 0.6 is 0 Å². The summed E-state index contributed by atoms with van der Waals surface area (Å²) in [7, 11) is 0. The molecule has 1 aliphatic heterocycles. The number of benzene rings is 2. The molecule has 6 heteroatoms. The Morgan fingerprint density at radius 2 is 1.50 bits per heavy atom. The molecule has 0 saturated carbocycles. The Labute approximate surface area is 136 Å². The Balaban J connectivity index is 0.00000176. The van der Waals surface area contributed by atoms with Crippen LogP contribution in [0.5, 0.6) is 0 Å². The molecule has 0 fully saturated rings. The van der Waals surface area contributed by atoms with E-state index in [2.05, 4.69) is 11.3 Å². The first-order valence-electron chi connectivity index (χ1n) is 6.73. The highest BCUT2D eigenvalue weighted by molar-refractivity contribution is 5.77. The van der Waals surface area contributed by atoms with Crippen LogP contribution in [-0.2, 0) is 0 Å². The lowest BCUT2D eigenvalue weighted by atomic mass is 10.2. The van der Waals surface area contributed by atoms with Gasteiger partial charge >= 0.3 is 0 Å². The summed E-state index contributed by atoms with van der Waals surface area (Å²) >= 11 is 0. The average Bonchev–Trinajstić information content (AvgIpc) is 2.93. The quantitative estimate of drug-likeness (QED) is 0.716. The van der Waals surface area contributed by atoms with E-state index in [1.807, 2.05) is 67.4 Å². The fraction of sp³-hybridized carbons (Fsp3) is 0.125. The molecule has 1 aliphatic rings. The predicted octanol–water partition coefficient (Wildman–Crippen LogP) is -1.10. The van der Waals surface area contributed by atoms with Gasteiger partial charge in [0.05, 0.1) is 5.69 Å². The molecular weight excluding hydrogens is 298 g/mol. The van der Waals surface area contributed by atoms with Crippen LogP contribution in [0, 0.1) is 25.3 Å². The molecule has 2 aromatic carbocycles. The van der Waals surface area contributed by atoms with Crippen LogP contribution in [0.2, 0.25) is 0 Å². The van der Waals surface area contributed by atoms with Crippen molar-refractivity contribution in [3.8, 4) is 6.19 Å². The molecule has 0 aromatic heterocycles.